The van der Waals surface area contributed by atoms with Gasteiger partial charge in [0.2, 0.25) is 0 Å². The highest BCUT2D eigenvalue weighted by molar-refractivity contribution is 6.30. The Bertz CT molecular complexity index is 962. The second kappa shape index (κ2) is 8.43. The van der Waals surface area contributed by atoms with Gasteiger partial charge in [0, 0.05) is 11.1 Å². The predicted molar refractivity (Wildman–Crippen MR) is 123 cm³/mol. The number of carbonyl (C=O) groups excluding carboxylic acids is 1. The molecule has 2 aromatic rings. The molecule has 1 aliphatic carbocycles. The quantitative estimate of drug-likeness (QED) is 0.588. The van der Waals surface area contributed by atoms with Crippen molar-refractivity contribution < 1.29 is 4.79 Å². The Kier molecular flexibility index (Phi) is 5.88. The summed E-state index contributed by atoms with van der Waals surface area (Å²) in [6.07, 6.45) is 5.93. The van der Waals surface area contributed by atoms with Gasteiger partial charge in [0.25, 0.3) is 5.91 Å². The lowest BCUT2D eigenvalue weighted by Gasteiger charge is -2.31. The second-order valence-electron chi connectivity index (χ2n) is 8.51. The largest absolute Gasteiger partial charge is 0.369 e. The molecule has 4 nitrogen and oxygen atoms in total. The van der Waals surface area contributed by atoms with E-state index >= 15 is 0 Å². The van der Waals surface area contributed by atoms with Gasteiger partial charge in [0.05, 0.1) is 0 Å². The van der Waals surface area contributed by atoms with Crippen molar-refractivity contribution >= 4 is 23.5 Å². The van der Waals surface area contributed by atoms with Crippen LogP contribution in [0.2, 0.25) is 5.02 Å². The van der Waals surface area contributed by atoms with Crippen molar-refractivity contribution in [2.75, 3.05) is 0 Å². The van der Waals surface area contributed by atoms with Crippen molar-refractivity contribution in [3.8, 4) is 11.1 Å². The standard InChI is InChI=1S/C25H30ClN3O/c1-3-7-22(8-4-2)29-23(30)25(19-13-14-19,28-24(29)27)20-11-5-9-17(15-20)18-10-6-12-21(26)16-18/h5-6,9-12,15-16,19,22H,3-4,7-8,13-14H2,1-2H3,(H2,27,28). The number of nitrogens with zero attached hydrogens (tertiary/aromatic N) is 2. The average molecular weight is 424 g/mol. The Labute approximate surface area is 184 Å². The smallest absolute Gasteiger partial charge is 0.262 e. The number of halogens is 1. The molecule has 0 saturated heterocycles. The monoisotopic (exact) mass is 423 g/mol. The summed E-state index contributed by atoms with van der Waals surface area (Å²) in [5, 5.41) is 0.696. The number of hydrogen-bond donors (Lipinski definition) is 1. The molecule has 1 amide bonds. The average Bonchev–Trinajstić information content (AvgIpc) is 3.54. The van der Waals surface area contributed by atoms with Crippen LogP contribution in [0.5, 0.6) is 0 Å². The minimum absolute atomic E-state index is 0.0534. The summed E-state index contributed by atoms with van der Waals surface area (Å²) in [7, 11) is 0. The van der Waals surface area contributed by atoms with Crippen LogP contribution in [-0.2, 0) is 10.3 Å². The molecule has 1 heterocycles. The molecule has 0 spiro atoms. The molecule has 1 atom stereocenters. The number of nitrogens with two attached hydrogens (primary N) is 1. The molecular weight excluding hydrogens is 394 g/mol. The molecule has 158 valence electrons. The zero-order chi connectivity index (χ0) is 21.3. The Morgan fingerprint density at radius 1 is 1.10 bits per heavy atom. The van der Waals surface area contributed by atoms with Crippen molar-refractivity contribution in [1.82, 2.24) is 4.90 Å². The van der Waals surface area contributed by atoms with Crippen LogP contribution < -0.4 is 5.73 Å². The lowest BCUT2D eigenvalue weighted by molar-refractivity contribution is -0.134. The van der Waals surface area contributed by atoms with Crippen LogP contribution in [0, 0.1) is 5.92 Å². The van der Waals surface area contributed by atoms with E-state index in [1.165, 1.54) is 0 Å². The summed E-state index contributed by atoms with van der Waals surface area (Å²) in [5.41, 5.74) is 8.53. The molecule has 5 heteroatoms. The summed E-state index contributed by atoms with van der Waals surface area (Å²) in [5.74, 6) is 0.650. The van der Waals surface area contributed by atoms with Crippen LogP contribution in [0.4, 0.5) is 0 Å². The predicted octanol–water partition coefficient (Wildman–Crippen LogP) is 5.74. The normalized spacial score (nSPS) is 21.4. The molecule has 30 heavy (non-hydrogen) atoms. The molecule has 1 fully saturated rings. The van der Waals surface area contributed by atoms with E-state index in [-0.39, 0.29) is 17.9 Å². The van der Waals surface area contributed by atoms with Gasteiger partial charge in [0.15, 0.2) is 11.5 Å². The second-order valence-corrected chi connectivity index (χ2v) is 8.94. The lowest BCUT2D eigenvalue weighted by atomic mass is 9.83. The molecule has 2 aliphatic rings. The van der Waals surface area contributed by atoms with Crippen molar-refractivity contribution in [2.24, 2.45) is 16.6 Å². The maximum atomic E-state index is 13.9. The maximum absolute atomic E-state index is 13.9. The number of benzene rings is 2. The Morgan fingerprint density at radius 2 is 1.73 bits per heavy atom. The van der Waals surface area contributed by atoms with E-state index in [0.29, 0.717) is 11.0 Å². The highest BCUT2D eigenvalue weighted by Crippen LogP contribution is 2.52. The zero-order valence-corrected chi connectivity index (χ0v) is 18.5. The summed E-state index contributed by atoms with van der Waals surface area (Å²) < 4.78 is 0. The third-order valence-electron chi connectivity index (χ3n) is 6.32. The maximum Gasteiger partial charge on any atom is 0.262 e. The SMILES string of the molecule is CCCC(CCC)N1C(=O)C(c2cccc(-c3cccc(Cl)c3)c2)(C2CC2)N=C1N. The van der Waals surface area contributed by atoms with Crippen molar-refractivity contribution in [1.29, 1.82) is 0 Å². The Balaban J connectivity index is 1.76. The third kappa shape index (κ3) is 3.62. The highest BCUT2D eigenvalue weighted by atomic mass is 35.5. The molecule has 1 aliphatic heterocycles. The Morgan fingerprint density at radius 3 is 2.33 bits per heavy atom. The zero-order valence-electron chi connectivity index (χ0n) is 17.8. The first kappa shape index (κ1) is 20.9. The van der Waals surface area contributed by atoms with Crippen molar-refractivity contribution in [3.05, 3.63) is 59.1 Å². The van der Waals surface area contributed by atoms with Crippen molar-refractivity contribution in [2.45, 2.75) is 64.0 Å². The summed E-state index contributed by atoms with van der Waals surface area (Å²) in [6.45, 7) is 4.30. The van der Waals surface area contributed by atoms with Crippen LogP contribution in [0.25, 0.3) is 11.1 Å². The van der Waals surface area contributed by atoms with Crippen LogP contribution in [0.1, 0.15) is 57.9 Å². The molecule has 1 saturated carbocycles. The van der Waals surface area contributed by atoms with Gasteiger partial charge in [0.1, 0.15) is 0 Å². The van der Waals surface area contributed by atoms with Crippen LogP contribution >= 0.6 is 11.6 Å². The molecule has 0 bridgehead atoms. The molecular formula is C25H30ClN3O. The van der Waals surface area contributed by atoms with Crippen LogP contribution in [-0.4, -0.2) is 22.8 Å². The number of amides is 1. The van der Waals surface area contributed by atoms with Gasteiger partial charge in [-0.2, -0.15) is 0 Å². The molecule has 2 aromatic carbocycles. The van der Waals surface area contributed by atoms with Gasteiger partial charge >= 0.3 is 0 Å². The van der Waals surface area contributed by atoms with E-state index < -0.39 is 5.54 Å². The Hall–Kier alpha value is -2.33. The molecule has 0 radical (unpaired) electrons. The van der Waals surface area contributed by atoms with Gasteiger partial charge in [-0.3, -0.25) is 9.69 Å². The lowest BCUT2D eigenvalue weighted by Crippen LogP contribution is -2.49. The van der Waals surface area contributed by atoms with E-state index in [0.717, 1.165) is 55.2 Å². The van der Waals surface area contributed by atoms with Gasteiger partial charge < -0.3 is 5.73 Å². The summed E-state index contributed by atoms with van der Waals surface area (Å²) in [4.78, 5) is 20.6. The summed E-state index contributed by atoms with van der Waals surface area (Å²) >= 11 is 6.21. The van der Waals surface area contributed by atoms with Crippen LogP contribution in [0.3, 0.4) is 0 Å². The third-order valence-corrected chi connectivity index (χ3v) is 6.56. The first-order chi connectivity index (χ1) is 14.5. The molecule has 0 aromatic heterocycles. The van der Waals surface area contributed by atoms with E-state index in [1.807, 2.05) is 36.4 Å². The van der Waals surface area contributed by atoms with Gasteiger partial charge in [-0.25, -0.2) is 4.99 Å². The van der Waals surface area contributed by atoms with Crippen molar-refractivity contribution in [3.63, 3.8) is 0 Å². The van der Waals surface area contributed by atoms with E-state index in [4.69, 9.17) is 22.3 Å². The fraction of sp³-hybridized carbons (Fsp3) is 0.440. The molecule has 1 unspecified atom stereocenters. The topological polar surface area (TPSA) is 58.7 Å². The van der Waals surface area contributed by atoms with Crippen LogP contribution in [0.15, 0.2) is 53.5 Å². The fourth-order valence-corrected chi connectivity index (χ4v) is 4.98. The number of aliphatic imine (C=N–C) groups is 1. The minimum Gasteiger partial charge on any atom is -0.369 e. The number of rotatable bonds is 8. The number of guanidine groups is 1. The highest BCUT2D eigenvalue weighted by Gasteiger charge is 2.58. The van der Waals surface area contributed by atoms with Gasteiger partial charge in [-0.15, -0.1) is 0 Å². The summed E-state index contributed by atoms with van der Waals surface area (Å²) in [6, 6.07) is 16.1. The van der Waals surface area contributed by atoms with E-state index in [1.54, 1.807) is 4.90 Å². The first-order valence-corrected chi connectivity index (χ1v) is 11.4. The van der Waals surface area contributed by atoms with Gasteiger partial charge in [-0.1, -0.05) is 68.6 Å². The molecule has 2 N–H and O–H groups in total. The first-order valence-electron chi connectivity index (χ1n) is 11.1. The van der Waals surface area contributed by atoms with E-state index in [2.05, 4.69) is 26.0 Å². The number of hydrogen-bond acceptors (Lipinski definition) is 3. The molecule has 4 rings (SSSR count). The van der Waals surface area contributed by atoms with Gasteiger partial charge in [-0.05, 0) is 66.5 Å². The fourth-order valence-electron chi connectivity index (χ4n) is 4.79. The minimum atomic E-state index is -0.890. The van der Waals surface area contributed by atoms with E-state index in [9.17, 15) is 4.79 Å². The number of carbonyl (C=O) groups is 1.